The van der Waals surface area contributed by atoms with Crippen LogP contribution in [-0.2, 0) is 0 Å². The van der Waals surface area contributed by atoms with Gasteiger partial charge in [0.2, 0.25) is 0 Å². The number of nitrogens with one attached hydrogen (secondary N) is 1. The smallest absolute Gasteiger partial charge is 0.251 e. The summed E-state index contributed by atoms with van der Waals surface area (Å²) in [7, 11) is 2.17. The number of rotatable bonds is 5. The van der Waals surface area contributed by atoms with Crippen molar-refractivity contribution in [1.82, 2.24) is 9.47 Å². The van der Waals surface area contributed by atoms with Gasteiger partial charge in [0.05, 0.1) is 11.6 Å². The molecule has 1 N–H and O–H groups in total. The highest BCUT2D eigenvalue weighted by Crippen LogP contribution is 2.27. The number of aromatic nitrogens is 1. The summed E-state index contributed by atoms with van der Waals surface area (Å²) in [6.45, 7) is 6.39. The van der Waals surface area contributed by atoms with Crippen LogP contribution in [0.25, 0.3) is 10.9 Å². The molecule has 3 aromatic carbocycles. The molecule has 0 saturated carbocycles. The molecule has 1 aromatic heterocycles. The van der Waals surface area contributed by atoms with Gasteiger partial charge in [0.15, 0.2) is 0 Å². The number of pyridine rings is 1. The number of hydrogen-bond donors (Lipinski definition) is 1. The third-order valence-electron chi connectivity index (χ3n) is 6.63. The molecule has 5 heteroatoms. The second-order valence-corrected chi connectivity index (χ2v) is 8.86. The van der Waals surface area contributed by atoms with Gasteiger partial charge in [0.25, 0.3) is 5.56 Å². The Labute approximate surface area is 194 Å². The van der Waals surface area contributed by atoms with Gasteiger partial charge >= 0.3 is 0 Å². The molecule has 0 spiro atoms. The number of anilines is 3. The van der Waals surface area contributed by atoms with Gasteiger partial charge < -0.3 is 19.7 Å². The highest BCUT2D eigenvalue weighted by molar-refractivity contribution is 5.84. The average Bonchev–Trinajstić information content (AvgIpc) is 2.85. The first-order chi connectivity index (χ1) is 16.1. The molecule has 0 radical (unpaired) electrons. The van der Waals surface area contributed by atoms with Crippen molar-refractivity contribution in [3.8, 4) is 0 Å². The molecule has 1 aliphatic heterocycles. The van der Waals surface area contributed by atoms with E-state index in [0.717, 1.165) is 54.0 Å². The molecule has 33 heavy (non-hydrogen) atoms. The minimum Gasteiger partial charge on any atom is -0.369 e. The van der Waals surface area contributed by atoms with Crippen molar-refractivity contribution in [2.24, 2.45) is 0 Å². The fourth-order valence-corrected chi connectivity index (χ4v) is 4.60. The first kappa shape index (κ1) is 21.3. The molecule has 0 bridgehead atoms. The van der Waals surface area contributed by atoms with Crippen molar-refractivity contribution in [1.29, 1.82) is 0 Å². The predicted octanol–water partition coefficient (Wildman–Crippen LogP) is 5.11. The van der Waals surface area contributed by atoms with E-state index in [2.05, 4.69) is 83.7 Å². The van der Waals surface area contributed by atoms with Gasteiger partial charge in [-0.25, -0.2) is 0 Å². The summed E-state index contributed by atoms with van der Waals surface area (Å²) in [4.78, 5) is 17.7. The van der Waals surface area contributed by atoms with Crippen LogP contribution in [-0.4, -0.2) is 42.7 Å². The molecule has 1 aliphatic rings. The maximum absolute atomic E-state index is 12.9. The molecule has 5 nitrogen and oxygen atoms in total. The lowest BCUT2D eigenvalue weighted by Crippen LogP contribution is -2.44. The average molecular weight is 439 g/mol. The van der Waals surface area contributed by atoms with Crippen LogP contribution in [0.1, 0.15) is 18.5 Å². The van der Waals surface area contributed by atoms with Gasteiger partial charge in [-0.1, -0.05) is 36.4 Å². The van der Waals surface area contributed by atoms with E-state index in [1.807, 2.05) is 28.8 Å². The molecule has 0 amide bonds. The number of piperazine rings is 1. The standard InChI is InChI=1S/C28H30N4O/c1-21(22-6-4-3-5-7-22)32-27-20-25(10-8-23(27)9-15-28(32)33)29-24-11-13-26(14-12-24)31-18-16-30(2)17-19-31/h3-15,20-21,29H,16-19H2,1-2H3. The Kier molecular flexibility index (Phi) is 5.88. The Morgan fingerprint density at radius 2 is 1.45 bits per heavy atom. The zero-order valence-corrected chi connectivity index (χ0v) is 19.2. The normalized spacial score (nSPS) is 15.5. The van der Waals surface area contributed by atoms with Gasteiger partial charge in [-0.3, -0.25) is 4.79 Å². The van der Waals surface area contributed by atoms with E-state index >= 15 is 0 Å². The highest BCUT2D eigenvalue weighted by atomic mass is 16.1. The molecular weight excluding hydrogens is 408 g/mol. The topological polar surface area (TPSA) is 40.5 Å². The number of likely N-dealkylation sites (N-methyl/N-ethyl adjacent to an activating group) is 1. The minimum absolute atomic E-state index is 0.00697. The Bertz CT molecular complexity index is 1290. The molecule has 1 fully saturated rings. The second-order valence-electron chi connectivity index (χ2n) is 8.86. The molecule has 5 rings (SSSR count). The lowest BCUT2D eigenvalue weighted by Gasteiger charge is -2.34. The zero-order chi connectivity index (χ0) is 22.8. The Morgan fingerprint density at radius 3 is 2.18 bits per heavy atom. The summed E-state index contributed by atoms with van der Waals surface area (Å²) in [6, 6.07) is 28.5. The van der Waals surface area contributed by atoms with Crippen LogP contribution in [0.4, 0.5) is 17.1 Å². The fraction of sp³-hybridized carbons (Fsp3) is 0.250. The van der Waals surface area contributed by atoms with Crippen LogP contribution in [0.2, 0.25) is 0 Å². The second kappa shape index (κ2) is 9.12. The van der Waals surface area contributed by atoms with Crippen LogP contribution >= 0.6 is 0 Å². The van der Waals surface area contributed by atoms with E-state index in [0.29, 0.717) is 0 Å². The van der Waals surface area contributed by atoms with Crippen LogP contribution in [0.3, 0.4) is 0 Å². The van der Waals surface area contributed by atoms with E-state index in [-0.39, 0.29) is 11.6 Å². The number of hydrogen-bond acceptors (Lipinski definition) is 4. The van der Waals surface area contributed by atoms with Gasteiger partial charge in [-0.2, -0.15) is 0 Å². The van der Waals surface area contributed by atoms with Crippen molar-refractivity contribution in [2.75, 3.05) is 43.4 Å². The number of fused-ring (bicyclic) bond motifs is 1. The van der Waals surface area contributed by atoms with E-state index in [9.17, 15) is 4.79 Å². The van der Waals surface area contributed by atoms with E-state index in [1.54, 1.807) is 6.07 Å². The number of nitrogens with zero attached hydrogens (tertiary/aromatic N) is 3. The van der Waals surface area contributed by atoms with E-state index in [4.69, 9.17) is 0 Å². The lowest BCUT2D eigenvalue weighted by molar-refractivity contribution is 0.313. The highest BCUT2D eigenvalue weighted by Gasteiger charge is 2.15. The molecule has 168 valence electrons. The SMILES string of the molecule is CC(c1ccccc1)n1c(=O)ccc2ccc(Nc3ccc(N4CCN(C)CC4)cc3)cc21. The first-order valence-electron chi connectivity index (χ1n) is 11.6. The molecule has 1 saturated heterocycles. The lowest BCUT2D eigenvalue weighted by atomic mass is 10.1. The van der Waals surface area contributed by atoms with Crippen molar-refractivity contribution in [2.45, 2.75) is 13.0 Å². The Balaban J connectivity index is 1.42. The fourth-order valence-electron chi connectivity index (χ4n) is 4.60. The molecule has 1 unspecified atom stereocenters. The largest absolute Gasteiger partial charge is 0.369 e. The summed E-state index contributed by atoms with van der Waals surface area (Å²) in [5.74, 6) is 0. The predicted molar refractivity (Wildman–Crippen MR) is 138 cm³/mol. The van der Waals surface area contributed by atoms with Crippen molar-refractivity contribution >= 4 is 28.0 Å². The number of benzene rings is 3. The van der Waals surface area contributed by atoms with Gasteiger partial charge in [-0.15, -0.1) is 0 Å². The molecule has 1 atom stereocenters. The summed E-state index contributed by atoms with van der Waals surface area (Å²) in [5, 5.41) is 4.57. The third kappa shape index (κ3) is 4.50. The third-order valence-corrected chi connectivity index (χ3v) is 6.63. The molecule has 4 aromatic rings. The quantitative estimate of drug-likeness (QED) is 0.470. The van der Waals surface area contributed by atoms with Crippen LogP contribution in [0.5, 0.6) is 0 Å². The summed E-state index contributed by atoms with van der Waals surface area (Å²) < 4.78 is 1.88. The van der Waals surface area contributed by atoms with E-state index in [1.165, 1.54) is 5.69 Å². The molecule has 2 heterocycles. The summed E-state index contributed by atoms with van der Waals surface area (Å²) in [6.07, 6.45) is 0. The maximum Gasteiger partial charge on any atom is 0.251 e. The van der Waals surface area contributed by atoms with Gasteiger partial charge in [-0.05, 0) is 67.4 Å². The molecule has 0 aliphatic carbocycles. The summed E-state index contributed by atoms with van der Waals surface area (Å²) in [5.41, 5.74) is 5.32. The Morgan fingerprint density at radius 1 is 0.788 bits per heavy atom. The van der Waals surface area contributed by atoms with Crippen LogP contribution in [0, 0.1) is 0 Å². The Hall–Kier alpha value is -3.57. The first-order valence-corrected chi connectivity index (χ1v) is 11.6. The van der Waals surface area contributed by atoms with Gasteiger partial charge in [0.1, 0.15) is 0 Å². The monoisotopic (exact) mass is 438 g/mol. The maximum atomic E-state index is 12.9. The molecular formula is C28H30N4O. The van der Waals surface area contributed by atoms with Gasteiger partial charge in [0, 0.05) is 49.3 Å². The van der Waals surface area contributed by atoms with Crippen LogP contribution in [0.15, 0.2) is 89.7 Å². The summed E-state index contributed by atoms with van der Waals surface area (Å²) >= 11 is 0. The van der Waals surface area contributed by atoms with Crippen LogP contribution < -0.4 is 15.8 Å². The van der Waals surface area contributed by atoms with Crippen molar-refractivity contribution in [3.05, 3.63) is 101 Å². The van der Waals surface area contributed by atoms with Crippen molar-refractivity contribution in [3.63, 3.8) is 0 Å². The van der Waals surface area contributed by atoms with E-state index < -0.39 is 0 Å². The minimum atomic E-state index is -0.0551. The van der Waals surface area contributed by atoms with Crippen molar-refractivity contribution < 1.29 is 0 Å². The zero-order valence-electron chi connectivity index (χ0n) is 19.2.